The Labute approximate surface area is 89.7 Å². The summed E-state index contributed by atoms with van der Waals surface area (Å²) < 4.78 is 0. The van der Waals surface area contributed by atoms with Gasteiger partial charge >= 0.3 is 6.15 Å². The van der Waals surface area contributed by atoms with Crippen LogP contribution in [-0.4, -0.2) is 18.7 Å². The molecule has 1 aromatic rings. The first kappa shape index (κ1) is 11.5. The van der Waals surface area contributed by atoms with Crippen LogP contribution in [-0.2, 0) is 16.0 Å². The molecule has 0 fully saturated rings. The molecule has 3 heteroatoms. The van der Waals surface area contributed by atoms with Crippen molar-refractivity contribution in [3.05, 3.63) is 29.8 Å². The first-order chi connectivity index (χ1) is 7.20. The molecule has 0 atom stereocenters. The van der Waals surface area contributed by atoms with Crippen molar-refractivity contribution in [3.8, 4) is 0 Å². The highest BCUT2D eigenvalue weighted by Gasteiger charge is 2.19. The Morgan fingerprint density at radius 3 is 2.47 bits per heavy atom. The second kappa shape index (κ2) is 5.32. The van der Waals surface area contributed by atoms with Crippen molar-refractivity contribution in [1.29, 1.82) is 0 Å². The van der Waals surface area contributed by atoms with E-state index in [4.69, 9.17) is 9.59 Å². The normalized spacial score (nSPS) is 12.9. The minimum Gasteiger partial charge on any atom is -0.369 e. The first-order valence-electron chi connectivity index (χ1n) is 5.04. The van der Waals surface area contributed by atoms with E-state index in [0.29, 0.717) is 6.04 Å². The maximum absolute atomic E-state index is 8.12. The van der Waals surface area contributed by atoms with E-state index < -0.39 is 0 Å². The molecule has 0 saturated carbocycles. The zero-order valence-corrected chi connectivity index (χ0v) is 9.06. The summed E-state index contributed by atoms with van der Waals surface area (Å²) in [6.07, 6.45) is 1.47. The van der Waals surface area contributed by atoms with Gasteiger partial charge in [-0.1, -0.05) is 18.2 Å². The largest absolute Gasteiger partial charge is 0.373 e. The van der Waals surface area contributed by atoms with E-state index in [2.05, 4.69) is 43.0 Å². The standard InChI is InChI=1S/C11H15N.CO2/c1-9(2)12-8-7-10-5-3-4-6-11(10)12;2-1-3/h3-6,9H,7-8H2,1-2H3;. The molecule has 3 nitrogen and oxygen atoms in total. The smallest absolute Gasteiger partial charge is 0.369 e. The number of carbonyl (C=O) groups excluding carboxylic acids is 2. The quantitative estimate of drug-likeness (QED) is 0.702. The molecule has 1 heterocycles. The van der Waals surface area contributed by atoms with Crippen LogP contribution in [0, 0.1) is 0 Å². The van der Waals surface area contributed by atoms with Crippen LogP contribution in [0.25, 0.3) is 0 Å². The van der Waals surface area contributed by atoms with Gasteiger partial charge in [-0.15, -0.1) is 0 Å². The number of anilines is 1. The molecule has 0 aliphatic carbocycles. The van der Waals surface area contributed by atoms with E-state index in [0.717, 1.165) is 0 Å². The fraction of sp³-hybridized carbons (Fsp3) is 0.417. The lowest BCUT2D eigenvalue weighted by molar-refractivity contribution is -0.191. The van der Waals surface area contributed by atoms with Crippen LogP contribution >= 0.6 is 0 Å². The third kappa shape index (κ3) is 2.67. The lowest BCUT2D eigenvalue weighted by Crippen LogP contribution is -2.28. The van der Waals surface area contributed by atoms with Crippen LogP contribution < -0.4 is 4.90 Å². The Kier molecular flexibility index (Phi) is 4.07. The fourth-order valence-electron chi connectivity index (χ4n) is 1.90. The molecule has 0 spiro atoms. The zero-order chi connectivity index (χ0) is 11.3. The first-order valence-corrected chi connectivity index (χ1v) is 5.04. The molecule has 0 saturated heterocycles. The van der Waals surface area contributed by atoms with Crippen LogP contribution in [0.5, 0.6) is 0 Å². The molecule has 0 bridgehead atoms. The van der Waals surface area contributed by atoms with Crippen molar-refractivity contribution in [2.45, 2.75) is 26.3 Å². The zero-order valence-electron chi connectivity index (χ0n) is 9.06. The van der Waals surface area contributed by atoms with E-state index >= 15 is 0 Å². The van der Waals surface area contributed by atoms with Gasteiger partial charge in [0.25, 0.3) is 0 Å². The third-order valence-corrected chi connectivity index (χ3v) is 2.55. The topological polar surface area (TPSA) is 37.4 Å². The summed E-state index contributed by atoms with van der Waals surface area (Å²) in [5.41, 5.74) is 2.94. The highest BCUT2D eigenvalue weighted by Crippen LogP contribution is 2.28. The molecule has 0 N–H and O–H groups in total. The molecular weight excluding hydrogens is 190 g/mol. The fourth-order valence-corrected chi connectivity index (χ4v) is 1.90. The molecule has 80 valence electrons. The minimum absolute atomic E-state index is 0.250. The molecule has 1 aliphatic rings. The lowest BCUT2D eigenvalue weighted by Gasteiger charge is -2.23. The van der Waals surface area contributed by atoms with E-state index in [1.807, 2.05) is 0 Å². The van der Waals surface area contributed by atoms with E-state index in [1.54, 1.807) is 0 Å². The van der Waals surface area contributed by atoms with Gasteiger partial charge in [-0.25, -0.2) is 0 Å². The van der Waals surface area contributed by atoms with Crippen molar-refractivity contribution in [1.82, 2.24) is 0 Å². The summed E-state index contributed by atoms with van der Waals surface area (Å²) in [4.78, 5) is 18.7. The number of hydrogen-bond donors (Lipinski definition) is 0. The molecular formula is C12H15NO2. The number of fused-ring (bicyclic) bond motifs is 1. The van der Waals surface area contributed by atoms with Gasteiger partial charge in [0.2, 0.25) is 0 Å². The third-order valence-electron chi connectivity index (χ3n) is 2.55. The Hall–Kier alpha value is -1.60. The van der Waals surface area contributed by atoms with Crippen molar-refractivity contribution in [3.63, 3.8) is 0 Å². The van der Waals surface area contributed by atoms with Gasteiger partial charge in [0.1, 0.15) is 0 Å². The molecule has 0 radical (unpaired) electrons. The number of benzene rings is 1. The predicted octanol–water partition coefficient (Wildman–Crippen LogP) is 1.87. The molecule has 0 amide bonds. The Morgan fingerprint density at radius 1 is 1.27 bits per heavy atom. The molecule has 1 aliphatic heterocycles. The monoisotopic (exact) mass is 205 g/mol. The van der Waals surface area contributed by atoms with Gasteiger partial charge in [-0.2, -0.15) is 9.59 Å². The SMILES string of the molecule is CC(C)N1CCc2ccccc21.O=C=O. The summed E-state index contributed by atoms with van der Waals surface area (Å²) >= 11 is 0. The molecule has 1 aromatic carbocycles. The van der Waals surface area contributed by atoms with Crippen molar-refractivity contribution in [2.75, 3.05) is 11.4 Å². The lowest BCUT2D eigenvalue weighted by atomic mass is 10.2. The Bertz CT molecular complexity index is 354. The number of nitrogens with zero attached hydrogens (tertiary/aromatic N) is 1. The maximum Gasteiger partial charge on any atom is 0.373 e. The average molecular weight is 205 g/mol. The highest BCUT2D eigenvalue weighted by molar-refractivity contribution is 5.58. The van der Waals surface area contributed by atoms with Crippen molar-refractivity contribution < 1.29 is 9.59 Å². The van der Waals surface area contributed by atoms with E-state index in [9.17, 15) is 0 Å². The van der Waals surface area contributed by atoms with Crippen LogP contribution in [0.1, 0.15) is 19.4 Å². The van der Waals surface area contributed by atoms with Crippen LogP contribution in [0.3, 0.4) is 0 Å². The van der Waals surface area contributed by atoms with Gasteiger partial charge in [-0.3, -0.25) is 0 Å². The summed E-state index contributed by atoms with van der Waals surface area (Å²) in [5.74, 6) is 0. The van der Waals surface area contributed by atoms with Gasteiger partial charge in [0.15, 0.2) is 0 Å². The molecule has 15 heavy (non-hydrogen) atoms. The minimum atomic E-state index is 0.250. The highest BCUT2D eigenvalue weighted by atomic mass is 16.2. The molecule has 0 unspecified atom stereocenters. The number of para-hydroxylation sites is 1. The Balaban J connectivity index is 0.000000337. The average Bonchev–Trinajstić information content (AvgIpc) is 2.62. The number of hydrogen-bond acceptors (Lipinski definition) is 3. The van der Waals surface area contributed by atoms with Crippen LogP contribution in [0.2, 0.25) is 0 Å². The molecule has 0 aromatic heterocycles. The van der Waals surface area contributed by atoms with Gasteiger partial charge in [0, 0.05) is 18.3 Å². The summed E-state index contributed by atoms with van der Waals surface area (Å²) in [5, 5.41) is 0. The molecule has 2 rings (SSSR count). The maximum atomic E-state index is 8.12. The van der Waals surface area contributed by atoms with Gasteiger partial charge in [0.05, 0.1) is 0 Å². The summed E-state index contributed by atoms with van der Waals surface area (Å²) in [6, 6.07) is 9.34. The van der Waals surface area contributed by atoms with Crippen molar-refractivity contribution >= 4 is 11.8 Å². The van der Waals surface area contributed by atoms with Crippen LogP contribution in [0.15, 0.2) is 24.3 Å². The van der Waals surface area contributed by atoms with Crippen molar-refractivity contribution in [2.24, 2.45) is 0 Å². The summed E-state index contributed by atoms with van der Waals surface area (Å²) in [6.45, 7) is 5.70. The Morgan fingerprint density at radius 2 is 1.87 bits per heavy atom. The van der Waals surface area contributed by atoms with Crippen LogP contribution in [0.4, 0.5) is 5.69 Å². The number of rotatable bonds is 1. The summed E-state index contributed by atoms with van der Waals surface area (Å²) in [7, 11) is 0. The second-order valence-corrected chi connectivity index (χ2v) is 3.75. The predicted molar refractivity (Wildman–Crippen MR) is 57.6 cm³/mol. The van der Waals surface area contributed by atoms with E-state index in [1.165, 1.54) is 24.2 Å². The van der Waals surface area contributed by atoms with Gasteiger partial charge < -0.3 is 4.90 Å². The second-order valence-electron chi connectivity index (χ2n) is 3.75. The van der Waals surface area contributed by atoms with E-state index in [-0.39, 0.29) is 6.15 Å². The van der Waals surface area contributed by atoms with Gasteiger partial charge in [-0.05, 0) is 31.9 Å².